The number of carbonyl (C=O) groups excluding carboxylic acids is 1. The maximum atomic E-state index is 12.3. The summed E-state index contributed by atoms with van der Waals surface area (Å²) >= 11 is 0. The second kappa shape index (κ2) is 7.74. The molecule has 1 amide bonds. The molecule has 7 nitrogen and oxygen atoms in total. The molecule has 0 fully saturated rings. The number of benzene rings is 2. The quantitative estimate of drug-likeness (QED) is 0.701. The number of anilines is 1. The predicted octanol–water partition coefficient (Wildman–Crippen LogP) is 2.75. The molecule has 2 N–H and O–H groups in total. The Bertz CT molecular complexity index is 947. The number of amides is 1. The highest BCUT2D eigenvalue weighted by atomic mass is 16.7. The van der Waals surface area contributed by atoms with Gasteiger partial charge in [0.2, 0.25) is 12.7 Å². The van der Waals surface area contributed by atoms with Gasteiger partial charge in [0.15, 0.2) is 11.5 Å². The fraction of sp³-hybridized carbons (Fsp3) is 0.150. The van der Waals surface area contributed by atoms with Gasteiger partial charge in [0.25, 0.3) is 5.91 Å². The Morgan fingerprint density at radius 1 is 0.963 bits per heavy atom. The molecule has 0 aliphatic carbocycles. The van der Waals surface area contributed by atoms with Crippen molar-refractivity contribution in [2.24, 2.45) is 0 Å². The van der Waals surface area contributed by atoms with Crippen molar-refractivity contribution in [3.05, 3.63) is 77.6 Å². The van der Waals surface area contributed by atoms with E-state index in [9.17, 15) is 4.79 Å². The number of nitrogens with zero attached hydrogens (tertiary/aromatic N) is 2. The lowest BCUT2D eigenvalue weighted by Gasteiger charge is -2.08. The maximum Gasteiger partial charge on any atom is 0.270 e. The predicted molar refractivity (Wildman–Crippen MR) is 99.5 cm³/mol. The first-order chi connectivity index (χ1) is 13.3. The highest BCUT2D eigenvalue weighted by molar-refractivity contribution is 5.92. The van der Waals surface area contributed by atoms with Gasteiger partial charge in [-0.3, -0.25) is 4.79 Å². The molecule has 2 aromatic carbocycles. The van der Waals surface area contributed by atoms with Crippen LogP contribution in [0, 0.1) is 0 Å². The number of ether oxygens (including phenoxy) is 2. The Morgan fingerprint density at radius 2 is 1.81 bits per heavy atom. The molecule has 2 heterocycles. The van der Waals surface area contributed by atoms with Crippen LogP contribution in [0.1, 0.15) is 21.6 Å². The normalized spacial score (nSPS) is 11.9. The minimum Gasteiger partial charge on any atom is -0.454 e. The Morgan fingerprint density at radius 3 is 2.70 bits per heavy atom. The summed E-state index contributed by atoms with van der Waals surface area (Å²) in [6, 6.07) is 17.0. The molecule has 1 aromatic heterocycles. The van der Waals surface area contributed by atoms with Gasteiger partial charge in [0.1, 0.15) is 5.69 Å². The zero-order valence-electron chi connectivity index (χ0n) is 14.5. The van der Waals surface area contributed by atoms with Crippen molar-refractivity contribution in [3.8, 4) is 11.5 Å². The second-order valence-electron chi connectivity index (χ2n) is 5.97. The number of fused-ring (bicyclic) bond motifs is 1. The second-order valence-corrected chi connectivity index (χ2v) is 5.97. The number of carbonyl (C=O) groups is 1. The molecular formula is C20H18N4O3. The Kier molecular flexibility index (Phi) is 4.82. The number of hydrogen-bond donors (Lipinski definition) is 2. The SMILES string of the molecule is O=C(NCc1ccccc1)c1ccnc(NCc2ccc3c(c2)OCO3)n1. The highest BCUT2D eigenvalue weighted by Crippen LogP contribution is 2.32. The van der Waals surface area contributed by atoms with E-state index >= 15 is 0 Å². The summed E-state index contributed by atoms with van der Waals surface area (Å²) in [5.41, 5.74) is 2.34. The topological polar surface area (TPSA) is 85.4 Å². The lowest BCUT2D eigenvalue weighted by Crippen LogP contribution is -2.24. The van der Waals surface area contributed by atoms with E-state index in [1.165, 1.54) is 0 Å². The van der Waals surface area contributed by atoms with Gasteiger partial charge >= 0.3 is 0 Å². The lowest BCUT2D eigenvalue weighted by atomic mass is 10.2. The molecule has 0 radical (unpaired) electrons. The average molecular weight is 362 g/mol. The minimum atomic E-state index is -0.243. The van der Waals surface area contributed by atoms with Crippen LogP contribution in [0.15, 0.2) is 60.8 Å². The van der Waals surface area contributed by atoms with Crippen molar-refractivity contribution in [2.45, 2.75) is 13.1 Å². The molecule has 0 spiro atoms. The molecule has 1 aliphatic rings. The third-order valence-corrected chi connectivity index (χ3v) is 4.07. The van der Waals surface area contributed by atoms with Gasteiger partial charge in [0.05, 0.1) is 0 Å². The van der Waals surface area contributed by atoms with Gasteiger partial charge in [0, 0.05) is 19.3 Å². The summed E-state index contributed by atoms with van der Waals surface area (Å²) < 4.78 is 10.7. The van der Waals surface area contributed by atoms with Crippen LogP contribution < -0.4 is 20.1 Å². The van der Waals surface area contributed by atoms with Gasteiger partial charge in [-0.25, -0.2) is 9.97 Å². The van der Waals surface area contributed by atoms with Crippen LogP contribution >= 0.6 is 0 Å². The molecule has 136 valence electrons. The summed E-state index contributed by atoms with van der Waals surface area (Å²) in [4.78, 5) is 20.8. The van der Waals surface area contributed by atoms with Gasteiger partial charge in [-0.1, -0.05) is 36.4 Å². The van der Waals surface area contributed by atoms with E-state index in [4.69, 9.17) is 9.47 Å². The van der Waals surface area contributed by atoms with E-state index in [1.54, 1.807) is 12.3 Å². The number of aromatic nitrogens is 2. The van der Waals surface area contributed by atoms with Gasteiger partial charge in [-0.2, -0.15) is 0 Å². The van der Waals surface area contributed by atoms with Crippen LogP contribution in [0.2, 0.25) is 0 Å². The fourth-order valence-corrected chi connectivity index (χ4v) is 2.67. The largest absolute Gasteiger partial charge is 0.454 e. The molecule has 0 atom stereocenters. The zero-order valence-corrected chi connectivity index (χ0v) is 14.5. The molecule has 1 aliphatic heterocycles. The third kappa shape index (κ3) is 4.14. The monoisotopic (exact) mass is 362 g/mol. The number of rotatable bonds is 6. The summed E-state index contributed by atoms with van der Waals surface area (Å²) in [5, 5.41) is 5.98. The molecular weight excluding hydrogens is 344 g/mol. The van der Waals surface area contributed by atoms with Crippen LogP contribution in [0.3, 0.4) is 0 Å². The van der Waals surface area contributed by atoms with Crippen LogP contribution in [0.5, 0.6) is 11.5 Å². The van der Waals surface area contributed by atoms with Crippen LogP contribution in [0.4, 0.5) is 5.95 Å². The van der Waals surface area contributed by atoms with Crippen molar-refractivity contribution >= 4 is 11.9 Å². The Balaban J connectivity index is 1.36. The van der Waals surface area contributed by atoms with Crippen molar-refractivity contribution in [3.63, 3.8) is 0 Å². The summed E-state index contributed by atoms with van der Waals surface area (Å²) in [6.45, 7) is 1.20. The van der Waals surface area contributed by atoms with E-state index in [1.807, 2.05) is 48.5 Å². The van der Waals surface area contributed by atoms with E-state index in [2.05, 4.69) is 20.6 Å². The van der Waals surface area contributed by atoms with Crippen molar-refractivity contribution in [2.75, 3.05) is 12.1 Å². The number of hydrogen-bond acceptors (Lipinski definition) is 6. The number of nitrogens with one attached hydrogen (secondary N) is 2. The van der Waals surface area contributed by atoms with Gasteiger partial charge < -0.3 is 20.1 Å². The molecule has 0 saturated heterocycles. The van der Waals surface area contributed by atoms with E-state index in [0.29, 0.717) is 24.7 Å². The van der Waals surface area contributed by atoms with Gasteiger partial charge in [-0.05, 0) is 29.3 Å². The summed E-state index contributed by atoms with van der Waals surface area (Å²) in [6.07, 6.45) is 1.56. The first-order valence-corrected chi connectivity index (χ1v) is 8.55. The first-order valence-electron chi connectivity index (χ1n) is 8.55. The van der Waals surface area contributed by atoms with Gasteiger partial charge in [-0.15, -0.1) is 0 Å². The van der Waals surface area contributed by atoms with E-state index < -0.39 is 0 Å². The maximum absolute atomic E-state index is 12.3. The van der Waals surface area contributed by atoms with Crippen LogP contribution in [-0.2, 0) is 13.1 Å². The third-order valence-electron chi connectivity index (χ3n) is 4.07. The molecule has 0 saturated carbocycles. The average Bonchev–Trinajstić information content (AvgIpc) is 3.19. The lowest BCUT2D eigenvalue weighted by molar-refractivity contribution is 0.0946. The van der Waals surface area contributed by atoms with Crippen molar-refractivity contribution in [1.82, 2.24) is 15.3 Å². The molecule has 0 bridgehead atoms. The molecule has 7 heteroatoms. The smallest absolute Gasteiger partial charge is 0.270 e. The van der Waals surface area contributed by atoms with Crippen LogP contribution in [-0.4, -0.2) is 22.7 Å². The summed E-state index contributed by atoms with van der Waals surface area (Å²) in [5.74, 6) is 1.61. The van der Waals surface area contributed by atoms with Crippen molar-refractivity contribution < 1.29 is 14.3 Å². The standard InChI is InChI=1S/C20H18N4O3/c25-19(22-11-14-4-2-1-3-5-14)16-8-9-21-20(24-16)23-12-15-6-7-17-18(10-15)27-13-26-17/h1-10H,11-13H2,(H,22,25)(H,21,23,24). The summed E-state index contributed by atoms with van der Waals surface area (Å²) in [7, 11) is 0. The molecule has 4 rings (SSSR count). The molecule has 27 heavy (non-hydrogen) atoms. The Hall–Kier alpha value is -3.61. The van der Waals surface area contributed by atoms with E-state index in [0.717, 1.165) is 22.6 Å². The van der Waals surface area contributed by atoms with E-state index in [-0.39, 0.29) is 12.7 Å². The minimum absolute atomic E-state index is 0.243. The highest BCUT2D eigenvalue weighted by Gasteiger charge is 2.13. The molecule has 3 aromatic rings. The first kappa shape index (κ1) is 16.8. The van der Waals surface area contributed by atoms with Crippen molar-refractivity contribution in [1.29, 1.82) is 0 Å². The Labute approximate surface area is 156 Å². The zero-order chi connectivity index (χ0) is 18.5. The fourth-order valence-electron chi connectivity index (χ4n) is 2.67. The molecule has 0 unspecified atom stereocenters. The van der Waals surface area contributed by atoms with Crippen LogP contribution in [0.25, 0.3) is 0 Å².